The highest BCUT2D eigenvalue weighted by Gasteiger charge is 2.13. The fourth-order valence-electron chi connectivity index (χ4n) is 2.82. The first-order valence-electron chi connectivity index (χ1n) is 9.72. The molecule has 0 aromatic heterocycles. The predicted molar refractivity (Wildman–Crippen MR) is 130 cm³/mol. The van der Waals surface area contributed by atoms with Gasteiger partial charge in [-0.3, -0.25) is 14.9 Å². The maximum atomic E-state index is 12.6. The second-order valence-electron chi connectivity index (χ2n) is 6.96. The minimum Gasteiger partial charge on any atom is -0.332 e. The van der Waals surface area contributed by atoms with Crippen LogP contribution in [0.25, 0.3) is 6.08 Å². The fourth-order valence-corrected chi connectivity index (χ4v) is 3.04. The Hall–Kier alpha value is -3.77. The summed E-state index contributed by atoms with van der Waals surface area (Å²) in [6, 6.07) is 24.2. The lowest BCUT2D eigenvalue weighted by molar-refractivity contribution is -0.115. The molecule has 6 heteroatoms. The number of benzene rings is 3. The Bertz CT molecular complexity index is 1090. The summed E-state index contributed by atoms with van der Waals surface area (Å²) in [6.45, 7) is 2.01. The highest BCUT2D eigenvalue weighted by atomic mass is 32.1. The number of amides is 2. The monoisotopic (exact) mass is 429 g/mol. The first-order valence-corrected chi connectivity index (χ1v) is 10.1. The van der Waals surface area contributed by atoms with Gasteiger partial charge in [0.05, 0.1) is 0 Å². The van der Waals surface area contributed by atoms with Crippen LogP contribution >= 0.6 is 12.2 Å². The molecule has 31 heavy (non-hydrogen) atoms. The molecular weight excluding hydrogens is 406 g/mol. The van der Waals surface area contributed by atoms with E-state index in [0.29, 0.717) is 11.3 Å². The van der Waals surface area contributed by atoms with Crippen molar-refractivity contribution in [2.24, 2.45) is 0 Å². The van der Waals surface area contributed by atoms with Crippen LogP contribution in [0.5, 0.6) is 0 Å². The highest BCUT2D eigenvalue weighted by Crippen LogP contribution is 2.16. The van der Waals surface area contributed by atoms with E-state index in [1.165, 1.54) is 6.08 Å². The highest BCUT2D eigenvalue weighted by molar-refractivity contribution is 7.80. The molecule has 0 saturated carbocycles. The summed E-state index contributed by atoms with van der Waals surface area (Å²) in [5.74, 6) is -0.441. The summed E-state index contributed by atoms with van der Waals surface area (Å²) in [5, 5.41) is 5.73. The average molecular weight is 430 g/mol. The van der Waals surface area contributed by atoms with Gasteiger partial charge in [0.15, 0.2) is 5.11 Å². The summed E-state index contributed by atoms with van der Waals surface area (Å²) in [5.41, 5.74) is 4.13. The van der Waals surface area contributed by atoms with Gasteiger partial charge < -0.3 is 10.2 Å². The van der Waals surface area contributed by atoms with Crippen molar-refractivity contribution >= 4 is 46.6 Å². The van der Waals surface area contributed by atoms with E-state index < -0.39 is 0 Å². The number of nitrogens with one attached hydrogen (secondary N) is 2. The summed E-state index contributed by atoms with van der Waals surface area (Å²) in [6.07, 6.45) is 3.15. The van der Waals surface area contributed by atoms with Crippen molar-refractivity contribution in [3.63, 3.8) is 0 Å². The number of rotatable bonds is 5. The van der Waals surface area contributed by atoms with Crippen LogP contribution in [0.2, 0.25) is 0 Å². The Kier molecular flexibility index (Phi) is 7.30. The molecule has 2 N–H and O–H groups in total. The van der Waals surface area contributed by atoms with Gasteiger partial charge in [-0.05, 0) is 67.2 Å². The molecule has 2 amide bonds. The number of thiocarbonyl (C=S) groups is 1. The molecule has 3 aromatic carbocycles. The van der Waals surface area contributed by atoms with Crippen molar-refractivity contribution in [1.82, 2.24) is 5.32 Å². The number of aryl methyl sites for hydroxylation is 1. The third-order valence-corrected chi connectivity index (χ3v) is 4.78. The van der Waals surface area contributed by atoms with Crippen LogP contribution in [-0.2, 0) is 4.79 Å². The maximum absolute atomic E-state index is 12.6. The molecule has 0 aliphatic rings. The van der Waals surface area contributed by atoms with Crippen molar-refractivity contribution in [3.8, 4) is 0 Å². The maximum Gasteiger partial charge on any atom is 0.258 e. The van der Waals surface area contributed by atoms with Gasteiger partial charge in [0.25, 0.3) is 5.91 Å². The number of carbonyl (C=O) groups is 2. The SMILES string of the molecule is Cc1ccc(/C=C/C(=O)NC(=S)Nc2ccc(C(=O)N(C)c3ccccc3)cc2)cc1. The largest absolute Gasteiger partial charge is 0.332 e. The number of para-hydroxylation sites is 1. The zero-order valence-electron chi connectivity index (χ0n) is 17.3. The summed E-state index contributed by atoms with van der Waals surface area (Å²) >= 11 is 5.20. The van der Waals surface area contributed by atoms with E-state index in [1.807, 2.05) is 61.5 Å². The second-order valence-corrected chi connectivity index (χ2v) is 7.37. The summed E-state index contributed by atoms with van der Waals surface area (Å²) in [4.78, 5) is 26.3. The van der Waals surface area contributed by atoms with Gasteiger partial charge in [-0.15, -0.1) is 0 Å². The van der Waals surface area contributed by atoms with Crippen molar-refractivity contribution in [3.05, 3.63) is 102 Å². The van der Waals surface area contributed by atoms with Crippen LogP contribution < -0.4 is 15.5 Å². The van der Waals surface area contributed by atoms with Crippen molar-refractivity contribution in [2.75, 3.05) is 17.3 Å². The predicted octanol–water partition coefficient (Wildman–Crippen LogP) is 4.80. The Balaban J connectivity index is 1.54. The number of nitrogens with zero attached hydrogens (tertiary/aromatic N) is 1. The second kappa shape index (κ2) is 10.3. The minimum atomic E-state index is -0.325. The van der Waals surface area contributed by atoms with Gasteiger partial charge >= 0.3 is 0 Å². The summed E-state index contributed by atoms with van der Waals surface area (Å²) < 4.78 is 0. The lowest BCUT2D eigenvalue weighted by Gasteiger charge is -2.17. The molecule has 0 atom stereocenters. The molecule has 0 aliphatic heterocycles. The van der Waals surface area contributed by atoms with Gasteiger partial charge in [0.2, 0.25) is 5.91 Å². The Labute approximate surface area is 187 Å². The Morgan fingerprint density at radius 1 is 0.903 bits per heavy atom. The lowest BCUT2D eigenvalue weighted by Crippen LogP contribution is -2.32. The number of hydrogen-bond acceptors (Lipinski definition) is 3. The van der Waals surface area contributed by atoms with E-state index >= 15 is 0 Å². The number of anilines is 2. The van der Waals surface area contributed by atoms with Gasteiger partial charge in [-0.1, -0.05) is 48.0 Å². The molecule has 0 bridgehead atoms. The molecule has 0 fully saturated rings. The molecule has 3 aromatic rings. The molecule has 3 rings (SSSR count). The molecule has 0 saturated heterocycles. The van der Waals surface area contributed by atoms with Gasteiger partial charge in [-0.2, -0.15) is 0 Å². The third kappa shape index (κ3) is 6.35. The van der Waals surface area contributed by atoms with Gasteiger partial charge in [-0.25, -0.2) is 0 Å². The molecular formula is C25H23N3O2S. The van der Waals surface area contributed by atoms with Crippen LogP contribution in [0.3, 0.4) is 0 Å². The van der Waals surface area contributed by atoms with Crippen molar-refractivity contribution in [1.29, 1.82) is 0 Å². The van der Waals surface area contributed by atoms with E-state index in [9.17, 15) is 9.59 Å². The lowest BCUT2D eigenvalue weighted by atomic mass is 10.1. The van der Waals surface area contributed by atoms with Crippen LogP contribution in [0, 0.1) is 6.92 Å². The number of hydrogen-bond donors (Lipinski definition) is 2. The van der Waals surface area contributed by atoms with E-state index in [1.54, 1.807) is 42.3 Å². The molecule has 0 spiro atoms. The number of carbonyl (C=O) groups excluding carboxylic acids is 2. The van der Waals surface area contributed by atoms with E-state index in [0.717, 1.165) is 16.8 Å². The third-order valence-electron chi connectivity index (χ3n) is 4.58. The molecule has 0 radical (unpaired) electrons. The standard InChI is InChI=1S/C25H23N3O2S/c1-18-8-10-19(11-9-18)12-17-23(29)27-25(31)26-21-15-13-20(14-16-21)24(30)28(2)22-6-4-3-5-7-22/h3-17H,1-2H3,(H2,26,27,29,31)/b17-12+. The van der Waals surface area contributed by atoms with E-state index in [-0.39, 0.29) is 16.9 Å². The molecule has 0 heterocycles. The normalized spacial score (nSPS) is 10.5. The zero-order chi connectivity index (χ0) is 22.2. The quantitative estimate of drug-likeness (QED) is 0.452. The van der Waals surface area contributed by atoms with E-state index in [4.69, 9.17) is 12.2 Å². The molecule has 0 unspecified atom stereocenters. The first kappa shape index (κ1) is 21.9. The Morgan fingerprint density at radius 3 is 2.19 bits per heavy atom. The molecule has 156 valence electrons. The van der Waals surface area contributed by atoms with Crippen LogP contribution in [0.4, 0.5) is 11.4 Å². The first-order chi connectivity index (χ1) is 14.9. The fraction of sp³-hybridized carbons (Fsp3) is 0.0800. The average Bonchev–Trinajstić information content (AvgIpc) is 2.78. The molecule has 0 aliphatic carbocycles. The van der Waals surface area contributed by atoms with Gasteiger partial charge in [0, 0.05) is 30.1 Å². The zero-order valence-corrected chi connectivity index (χ0v) is 18.1. The van der Waals surface area contributed by atoms with E-state index in [2.05, 4.69) is 10.6 Å². The van der Waals surface area contributed by atoms with Crippen LogP contribution in [-0.4, -0.2) is 24.0 Å². The van der Waals surface area contributed by atoms with Crippen molar-refractivity contribution in [2.45, 2.75) is 6.92 Å². The van der Waals surface area contributed by atoms with Crippen LogP contribution in [0.1, 0.15) is 21.5 Å². The summed E-state index contributed by atoms with van der Waals surface area (Å²) in [7, 11) is 1.73. The van der Waals surface area contributed by atoms with Crippen molar-refractivity contribution < 1.29 is 9.59 Å². The van der Waals surface area contributed by atoms with Gasteiger partial charge in [0.1, 0.15) is 0 Å². The topological polar surface area (TPSA) is 61.4 Å². The Morgan fingerprint density at radius 2 is 1.55 bits per heavy atom. The van der Waals surface area contributed by atoms with Crippen LogP contribution in [0.15, 0.2) is 84.9 Å². The minimum absolute atomic E-state index is 0.116. The molecule has 5 nitrogen and oxygen atoms in total. The smallest absolute Gasteiger partial charge is 0.258 e.